The third-order valence-corrected chi connectivity index (χ3v) is 1.53. The predicted octanol–water partition coefficient (Wildman–Crippen LogP) is 2.49. The highest BCUT2D eigenvalue weighted by molar-refractivity contribution is 4.62. The smallest absolute Gasteiger partial charge is 0.100 e. The Balaban J connectivity index is 0. The Morgan fingerprint density at radius 1 is 1.00 bits per heavy atom. The van der Waals surface area contributed by atoms with Gasteiger partial charge in [0.1, 0.15) is 6.17 Å². The van der Waals surface area contributed by atoms with Gasteiger partial charge in [-0.15, -0.1) is 0 Å². The van der Waals surface area contributed by atoms with Crippen LogP contribution in [0.2, 0.25) is 0 Å². The Hall–Kier alpha value is -0.110. The molecule has 0 saturated heterocycles. The molecule has 0 aliphatic heterocycles. The molecule has 0 aromatic carbocycles. The molecule has 0 aromatic rings. The summed E-state index contributed by atoms with van der Waals surface area (Å²) in [7, 11) is 0. The zero-order valence-electron chi connectivity index (χ0n) is 6.99. The summed E-state index contributed by atoms with van der Waals surface area (Å²) in [5, 5.41) is 0. The molecule has 0 bridgehead atoms. The third kappa shape index (κ3) is 6.02. The third-order valence-electron chi connectivity index (χ3n) is 1.53. The second-order valence-corrected chi connectivity index (χ2v) is 2.24. The van der Waals surface area contributed by atoms with Crippen molar-refractivity contribution in [3.05, 3.63) is 0 Å². The highest BCUT2D eigenvalue weighted by Crippen LogP contribution is 2.19. The van der Waals surface area contributed by atoms with Crippen molar-refractivity contribution < 1.29 is 9.87 Å². The van der Waals surface area contributed by atoms with Crippen molar-refractivity contribution in [1.29, 1.82) is 0 Å². The van der Waals surface area contributed by atoms with Gasteiger partial charge in [-0.3, -0.25) is 0 Å². The summed E-state index contributed by atoms with van der Waals surface area (Å²) in [6, 6.07) is 0. The van der Waals surface area contributed by atoms with E-state index >= 15 is 0 Å². The Morgan fingerprint density at radius 2 is 1.40 bits per heavy atom. The van der Waals surface area contributed by atoms with Crippen LogP contribution in [0.1, 0.15) is 46.0 Å². The standard InChI is InChI=1S/C6H11F.C2H6.H2O/c7-6-4-2-1-3-5-6;1-2;/h6H,1-5H2;1-2H3;1H2. The fourth-order valence-electron chi connectivity index (χ4n) is 1.05. The van der Waals surface area contributed by atoms with Crippen LogP contribution in [-0.4, -0.2) is 11.6 Å². The van der Waals surface area contributed by atoms with E-state index in [0.717, 1.165) is 25.7 Å². The predicted molar refractivity (Wildman–Crippen MR) is 42.9 cm³/mol. The van der Waals surface area contributed by atoms with Crippen molar-refractivity contribution in [2.75, 3.05) is 0 Å². The first kappa shape index (κ1) is 12.6. The summed E-state index contributed by atoms with van der Waals surface area (Å²) >= 11 is 0. The fraction of sp³-hybridized carbons (Fsp3) is 1.00. The van der Waals surface area contributed by atoms with E-state index in [2.05, 4.69) is 0 Å². The van der Waals surface area contributed by atoms with Crippen molar-refractivity contribution in [3.63, 3.8) is 0 Å². The lowest BCUT2D eigenvalue weighted by Gasteiger charge is -2.12. The minimum atomic E-state index is -0.464. The fourth-order valence-corrected chi connectivity index (χ4v) is 1.05. The molecule has 0 atom stereocenters. The average Bonchev–Trinajstić information content (AvgIpc) is 1.94. The second kappa shape index (κ2) is 8.89. The van der Waals surface area contributed by atoms with Gasteiger partial charge >= 0.3 is 0 Å². The van der Waals surface area contributed by atoms with Gasteiger partial charge < -0.3 is 5.48 Å². The summed E-state index contributed by atoms with van der Waals surface area (Å²) in [6.07, 6.45) is 4.65. The number of rotatable bonds is 0. The summed E-state index contributed by atoms with van der Waals surface area (Å²) in [5.41, 5.74) is 0. The van der Waals surface area contributed by atoms with Crippen molar-refractivity contribution >= 4 is 0 Å². The molecule has 0 unspecified atom stereocenters. The van der Waals surface area contributed by atoms with Crippen molar-refractivity contribution in [1.82, 2.24) is 0 Å². The molecule has 64 valence electrons. The first-order valence-corrected chi connectivity index (χ1v) is 4.03. The van der Waals surface area contributed by atoms with Gasteiger partial charge in [-0.1, -0.05) is 33.1 Å². The number of halogens is 1. The normalized spacial score (nSPS) is 18.3. The van der Waals surface area contributed by atoms with Gasteiger partial charge in [0.2, 0.25) is 0 Å². The summed E-state index contributed by atoms with van der Waals surface area (Å²) in [4.78, 5) is 0. The molecule has 0 spiro atoms. The van der Waals surface area contributed by atoms with E-state index in [1.165, 1.54) is 6.42 Å². The number of hydrogen-bond acceptors (Lipinski definition) is 0. The molecule has 1 aliphatic carbocycles. The van der Waals surface area contributed by atoms with Gasteiger partial charge in [0, 0.05) is 0 Å². The van der Waals surface area contributed by atoms with Gasteiger partial charge in [-0.05, 0) is 12.8 Å². The van der Waals surface area contributed by atoms with E-state index in [-0.39, 0.29) is 5.48 Å². The SMILES string of the molecule is CC.FC1CCCCC1.O. The van der Waals surface area contributed by atoms with Crippen LogP contribution in [0.5, 0.6) is 0 Å². The molecule has 1 saturated carbocycles. The summed E-state index contributed by atoms with van der Waals surface area (Å²) in [5.74, 6) is 0. The molecule has 1 nitrogen and oxygen atoms in total. The Morgan fingerprint density at radius 3 is 1.60 bits per heavy atom. The molecular formula is C8H19FO. The van der Waals surface area contributed by atoms with Gasteiger partial charge in [-0.25, -0.2) is 4.39 Å². The molecule has 0 heterocycles. The van der Waals surface area contributed by atoms with E-state index < -0.39 is 6.17 Å². The van der Waals surface area contributed by atoms with E-state index in [1.807, 2.05) is 13.8 Å². The van der Waals surface area contributed by atoms with Gasteiger partial charge in [0.05, 0.1) is 0 Å². The van der Waals surface area contributed by atoms with Crippen LogP contribution in [0.3, 0.4) is 0 Å². The summed E-state index contributed by atoms with van der Waals surface area (Å²) in [6.45, 7) is 4.00. The zero-order chi connectivity index (χ0) is 7.11. The van der Waals surface area contributed by atoms with Crippen LogP contribution in [0.25, 0.3) is 0 Å². The average molecular weight is 150 g/mol. The quantitative estimate of drug-likeness (QED) is 0.508. The van der Waals surface area contributed by atoms with Crippen LogP contribution >= 0.6 is 0 Å². The molecule has 2 N–H and O–H groups in total. The second-order valence-electron chi connectivity index (χ2n) is 2.24. The van der Waals surface area contributed by atoms with Crippen molar-refractivity contribution in [3.8, 4) is 0 Å². The monoisotopic (exact) mass is 150 g/mol. The lowest BCUT2D eigenvalue weighted by Crippen LogP contribution is -2.04. The summed E-state index contributed by atoms with van der Waals surface area (Å²) < 4.78 is 12.2. The van der Waals surface area contributed by atoms with Crippen molar-refractivity contribution in [2.45, 2.75) is 52.1 Å². The highest BCUT2D eigenvalue weighted by atomic mass is 19.1. The number of hydrogen-bond donors (Lipinski definition) is 0. The Labute approximate surface area is 62.9 Å². The lowest BCUT2D eigenvalue weighted by molar-refractivity contribution is 0.251. The minimum absolute atomic E-state index is 0. The lowest BCUT2D eigenvalue weighted by atomic mass is 9.99. The maximum atomic E-state index is 12.2. The van der Waals surface area contributed by atoms with Crippen LogP contribution < -0.4 is 0 Å². The molecular weight excluding hydrogens is 131 g/mol. The van der Waals surface area contributed by atoms with E-state index in [0.29, 0.717) is 0 Å². The number of alkyl halides is 1. The molecule has 0 amide bonds. The van der Waals surface area contributed by atoms with Crippen molar-refractivity contribution in [2.24, 2.45) is 0 Å². The molecule has 1 rings (SSSR count). The molecule has 0 radical (unpaired) electrons. The Bertz CT molecular complexity index is 51.2. The van der Waals surface area contributed by atoms with E-state index in [4.69, 9.17) is 0 Å². The van der Waals surface area contributed by atoms with Crippen LogP contribution in [0, 0.1) is 0 Å². The molecule has 10 heavy (non-hydrogen) atoms. The van der Waals surface area contributed by atoms with Crippen LogP contribution in [0.4, 0.5) is 4.39 Å². The molecule has 2 heteroatoms. The van der Waals surface area contributed by atoms with Crippen LogP contribution in [-0.2, 0) is 0 Å². The molecule has 1 aliphatic rings. The van der Waals surface area contributed by atoms with Gasteiger partial charge in [0.25, 0.3) is 0 Å². The van der Waals surface area contributed by atoms with E-state index in [9.17, 15) is 4.39 Å². The van der Waals surface area contributed by atoms with Gasteiger partial charge in [-0.2, -0.15) is 0 Å². The van der Waals surface area contributed by atoms with Crippen LogP contribution in [0.15, 0.2) is 0 Å². The van der Waals surface area contributed by atoms with Gasteiger partial charge in [0.15, 0.2) is 0 Å². The highest BCUT2D eigenvalue weighted by Gasteiger charge is 2.09. The zero-order valence-corrected chi connectivity index (χ0v) is 6.99. The first-order valence-electron chi connectivity index (χ1n) is 4.03. The van der Waals surface area contributed by atoms with E-state index in [1.54, 1.807) is 0 Å². The maximum Gasteiger partial charge on any atom is 0.100 e. The molecule has 0 aromatic heterocycles. The topological polar surface area (TPSA) is 31.5 Å². The Kier molecular flexibility index (Phi) is 11.2. The largest absolute Gasteiger partial charge is 0.412 e. The molecule has 1 fully saturated rings. The maximum absolute atomic E-state index is 12.2. The minimum Gasteiger partial charge on any atom is -0.412 e. The first-order chi connectivity index (χ1) is 4.39.